The zero-order valence-corrected chi connectivity index (χ0v) is 16.5. The van der Waals surface area contributed by atoms with Crippen molar-refractivity contribution in [2.75, 3.05) is 13.1 Å². The zero-order valence-electron chi connectivity index (χ0n) is 14.9. The minimum Gasteiger partial charge on any atom is -0.492 e. The van der Waals surface area contributed by atoms with E-state index in [0.29, 0.717) is 15.8 Å². The first kappa shape index (κ1) is 17.7. The maximum Gasteiger partial charge on any atom is 0.230 e. The molecule has 8 heteroatoms. The molecule has 1 aliphatic heterocycles. The van der Waals surface area contributed by atoms with Gasteiger partial charge in [-0.1, -0.05) is 35.1 Å². The van der Waals surface area contributed by atoms with Crippen LogP contribution in [0.5, 0.6) is 5.88 Å². The van der Waals surface area contributed by atoms with Gasteiger partial charge < -0.3 is 9.84 Å². The van der Waals surface area contributed by atoms with E-state index < -0.39 is 0 Å². The third-order valence-corrected chi connectivity index (χ3v) is 5.84. The van der Waals surface area contributed by atoms with Crippen LogP contribution >= 0.6 is 22.9 Å². The molecule has 1 saturated heterocycles. The Labute approximate surface area is 161 Å². The van der Waals surface area contributed by atoms with Crippen molar-refractivity contribution in [1.82, 2.24) is 19.5 Å². The highest BCUT2D eigenvalue weighted by molar-refractivity contribution is 7.17. The van der Waals surface area contributed by atoms with E-state index in [9.17, 15) is 5.11 Å². The summed E-state index contributed by atoms with van der Waals surface area (Å²) >= 11 is 7.72. The van der Waals surface area contributed by atoms with Crippen molar-refractivity contribution in [3.05, 3.63) is 45.6 Å². The number of thiazole rings is 1. The summed E-state index contributed by atoms with van der Waals surface area (Å²) in [6.07, 6.45) is 0.235. The number of hydrogen-bond donors (Lipinski definition) is 1. The minimum atomic E-state index is -0.128. The highest BCUT2D eigenvalue weighted by Crippen LogP contribution is 2.41. The highest BCUT2D eigenvalue weighted by atomic mass is 35.5. The topological polar surface area (TPSA) is 62.9 Å². The van der Waals surface area contributed by atoms with Crippen LogP contribution in [0.3, 0.4) is 0 Å². The molecule has 0 spiro atoms. The average Bonchev–Trinajstić information content (AvgIpc) is 3.05. The van der Waals surface area contributed by atoms with Gasteiger partial charge in [-0.3, -0.25) is 4.90 Å². The predicted octanol–water partition coefficient (Wildman–Crippen LogP) is 3.66. The molecule has 138 valence electrons. The molecule has 0 bridgehead atoms. The van der Waals surface area contributed by atoms with Gasteiger partial charge in [0.05, 0.1) is 23.1 Å². The SMILES string of the molecule is Cc1nc2sc([C@@H](c3cccc(Cl)c3)N3C[C@@H](C)O[C@@H](C)C3)c(O)n2n1. The highest BCUT2D eigenvalue weighted by Gasteiger charge is 2.34. The van der Waals surface area contributed by atoms with Gasteiger partial charge in [0, 0.05) is 18.1 Å². The fourth-order valence-corrected chi connectivity index (χ4v) is 5.02. The van der Waals surface area contributed by atoms with Crippen LogP contribution in [0, 0.1) is 6.92 Å². The van der Waals surface area contributed by atoms with Crippen molar-refractivity contribution in [3.63, 3.8) is 0 Å². The number of aromatic nitrogens is 3. The van der Waals surface area contributed by atoms with Crippen molar-refractivity contribution in [2.24, 2.45) is 0 Å². The van der Waals surface area contributed by atoms with Crippen LogP contribution in [0.2, 0.25) is 5.02 Å². The van der Waals surface area contributed by atoms with Crippen molar-refractivity contribution >= 4 is 27.9 Å². The largest absolute Gasteiger partial charge is 0.492 e. The van der Waals surface area contributed by atoms with Gasteiger partial charge in [-0.25, -0.2) is 4.98 Å². The zero-order chi connectivity index (χ0) is 18.4. The van der Waals surface area contributed by atoms with Gasteiger partial charge in [0.25, 0.3) is 0 Å². The van der Waals surface area contributed by atoms with E-state index in [-0.39, 0.29) is 24.1 Å². The Hall–Kier alpha value is -1.67. The lowest BCUT2D eigenvalue weighted by molar-refractivity contribution is -0.0764. The molecule has 1 fully saturated rings. The molecule has 0 unspecified atom stereocenters. The first-order valence-corrected chi connectivity index (χ1v) is 9.82. The number of aromatic hydroxyl groups is 1. The van der Waals surface area contributed by atoms with Crippen LogP contribution in [-0.4, -0.2) is 49.9 Å². The van der Waals surface area contributed by atoms with Crippen molar-refractivity contribution in [1.29, 1.82) is 0 Å². The molecular weight excluding hydrogens is 372 g/mol. The summed E-state index contributed by atoms with van der Waals surface area (Å²) < 4.78 is 7.41. The molecule has 1 aliphatic rings. The normalized spacial score (nSPS) is 22.8. The molecule has 3 atom stereocenters. The van der Waals surface area contributed by atoms with E-state index in [2.05, 4.69) is 28.8 Å². The smallest absolute Gasteiger partial charge is 0.230 e. The first-order valence-electron chi connectivity index (χ1n) is 8.62. The maximum absolute atomic E-state index is 10.8. The molecule has 6 nitrogen and oxygen atoms in total. The second kappa shape index (κ2) is 6.81. The molecule has 2 aromatic heterocycles. The predicted molar refractivity (Wildman–Crippen MR) is 102 cm³/mol. The Morgan fingerprint density at radius 1 is 1.31 bits per heavy atom. The summed E-state index contributed by atoms with van der Waals surface area (Å²) in [7, 11) is 0. The van der Waals surface area contributed by atoms with E-state index >= 15 is 0 Å². The average molecular weight is 393 g/mol. The number of ether oxygens (including phenoxy) is 1. The van der Waals surface area contributed by atoms with E-state index in [4.69, 9.17) is 16.3 Å². The Morgan fingerprint density at radius 2 is 2.04 bits per heavy atom. The molecule has 1 N–H and O–H groups in total. The Kier molecular flexibility index (Phi) is 4.64. The molecule has 3 heterocycles. The summed E-state index contributed by atoms with van der Waals surface area (Å²) in [5.41, 5.74) is 1.04. The number of fused-ring (bicyclic) bond motifs is 1. The summed E-state index contributed by atoms with van der Waals surface area (Å²) in [6, 6.07) is 7.67. The molecule has 0 amide bonds. The standard InChI is InChI=1S/C18H21ClN4O2S/c1-10-8-22(9-11(2)25-10)15(13-5-4-6-14(19)7-13)16-17(24)23-18(26-16)20-12(3)21-23/h4-7,10-11,15,24H,8-9H2,1-3H3/t10-,11+,15-/m1/s1. The molecule has 3 aromatic rings. The second-order valence-electron chi connectivity index (χ2n) is 6.81. The van der Waals surface area contributed by atoms with Gasteiger partial charge in [-0.2, -0.15) is 4.52 Å². The van der Waals surface area contributed by atoms with Gasteiger partial charge in [-0.05, 0) is 38.5 Å². The van der Waals surface area contributed by atoms with Crippen molar-refractivity contribution < 1.29 is 9.84 Å². The Morgan fingerprint density at radius 3 is 2.69 bits per heavy atom. The third kappa shape index (κ3) is 3.20. The van der Waals surface area contributed by atoms with E-state index in [1.165, 1.54) is 15.9 Å². The van der Waals surface area contributed by atoms with Crippen LogP contribution in [-0.2, 0) is 4.74 Å². The lowest BCUT2D eigenvalue weighted by Gasteiger charge is -2.40. The third-order valence-electron chi connectivity index (χ3n) is 4.53. The number of morpholine rings is 1. The number of hydrogen-bond acceptors (Lipinski definition) is 6. The maximum atomic E-state index is 10.8. The van der Waals surface area contributed by atoms with Crippen molar-refractivity contribution in [2.45, 2.75) is 39.0 Å². The summed E-state index contributed by atoms with van der Waals surface area (Å²) in [6.45, 7) is 7.51. The lowest BCUT2D eigenvalue weighted by Crippen LogP contribution is -2.47. The second-order valence-corrected chi connectivity index (χ2v) is 8.26. The summed E-state index contributed by atoms with van der Waals surface area (Å²) in [4.78, 5) is 8.25. The number of nitrogens with zero attached hydrogens (tertiary/aromatic N) is 4. The van der Waals surface area contributed by atoms with Gasteiger partial charge in [0.2, 0.25) is 10.8 Å². The minimum absolute atomic E-state index is 0.118. The van der Waals surface area contributed by atoms with Crippen LogP contribution in [0.25, 0.3) is 4.96 Å². The summed E-state index contributed by atoms with van der Waals surface area (Å²) in [5.74, 6) is 0.786. The number of benzene rings is 1. The molecular formula is C18H21ClN4O2S. The first-order chi connectivity index (χ1) is 12.4. The quantitative estimate of drug-likeness (QED) is 0.737. The fourth-order valence-electron chi connectivity index (χ4n) is 3.66. The van der Waals surface area contributed by atoms with Gasteiger partial charge in [0.15, 0.2) is 0 Å². The van der Waals surface area contributed by atoms with Gasteiger partial charge in [-0.15, -0.1) is 5.10 Å². The Bertz CT molecular complexity index is 931. The van der Waals surface area contributed by atoms with Gasteiger partial charge >= 0.3 is 0 Å². The van der Waals surface area contributed by atoms with Gasteiger partial charge in [0.1, 0.15) is 5.82 Å². The van der Waals surface area contributed by atoms with Crippen LogP contribution in [0.4, 0.5) is 0 Å². The van der Waals surface area contributed by atoms with Crippen molar-refractivity contribution in [3.8, 4) is 5.88 Å². The molecule has 4 rings (SSSR count). The van der Waals surface area contributed by atoms with E-state index in [1.807, 2.05) is 31.2 Å². The van der Waals surface area contributed by atoms with E-state index in [1.54, 1.807) is 0 Å². The number of rotatable bonds is 3. The van der Waals surface area contributed by atoms with E-state index in [0.717, 1.165) is 23.5 Å². The monoisotopic (exact) mass is 392 g/mol. The summed E-state index contributed by atoms with van der Waals surface area (Å²) in [5, 5.41) is 15.8. The molecule has 1 aromatic carbocycles. The molecule has 0 radical (unpaired) electrons. The molecule has 26 heavy (non-hydrogen) atoms. The molecule has 0 aliphatic carbocycles. The number of aryl methyl sites for hydroxylation is 1. The lowest BCUT2D eigenvalue weighted by atomic mass is 10.0. The van der Waals surface area contributed by atoms with Crippen LogP contribution in [0.15, 0.2) is 24.3 Å². The van der Waals surface area contributed by atoms with Crippen LogP contribution in [0.1, 0.15) is 36.2 Å². The van der Waals surface area contributed by atoms with Crippen LogP contribution < -0.4 is 0 Å². The fraction of sp³-hybridized carbons (Fsp3) is 0.444. The Balaban J connectivity index is 1.84. The molecule has 0 saturated carbocycles. The number of halogens is 1.